The van der Waals surface area contributed by atoms with Crippen LogP contribution in [0.4, 0.5) is 10.2 Å². The first-order valence-electron chi connectivity index (χ1n) is 14.0. The molecule has 3 aliphatic heterocycles. The standard InChI is InChI=1S/C30H32Cl2FN5O4/c1-4-25(39)36-13-18(3)37(14-17(36)2)29-22-12-23(32)26(21-11-19(31)5-6-24(21)33)28-27(22)38(30(40)34-29)20(16-42-28)15-35-7-9-41-10-8-35/h4-6,11-12,17-18,20H,1,7-10,13-16H2,2-3H3/t17-,18+,20-/m1/s1. The summed E-state index contributed by atoms with van der Waals surface area (Å²) < 4.78 is 28.8. The molecule has 6 rings (SSSR count). The van der Waals surface area contributed by atoms with Crippen molar-refractivity contribution >= 4 is 45.8 Å². The zero-order valence-electron chi connectivity index (χ0n) is 23.5. The van der Waals surface area contributed by atoms with Gasteiger partial charge in [-0.1, -0.05) is 29.8 Å². The maximum atomic E-state index is 15.2. The Morgan fingerprint density at radius 1 is 1.17 bits per heavy atom. The summed E-state index contributed by atoms with van der Waals surface area (Å²) in [6.07, 6.45) is 1.31. The average molecular weight is 617 g/mol. The third-order valence-corrected chi connectivity index (χ3v) is 8.90. The predicted octanol–water partition coefficient (Wildman–Crippen LogP) is 4.39. The quantitative estimate of drug-likeness (QED) is 0.394. The Labute approximate surface area is 253 Å². The molecule has 2 fully saturated rings. The van der Waals surface area contributed by atoms with E-state index in [1.807, 2.05) is 18.7 Å². The Balaban J connectivity index is 1.55. The van der Waals surface area contributed by atoms with Crippen molar-refractivity contribution in [3.8, 4) is 16.9 Å². The van der Waals surface area contributed by atoms with E-state index in [1.165, 1.54) is 24.3 Å². The van der Waals surface area contributed by atoms with Gasteiger partial charge in [0, 0.05) is 66.3 Å². The number of anilines is 1. The first kappa shape index (κ1) is 28.9. The molecule has 0 bridgehead atoms. The summed E-state index contributed by atoms with van der Waals surface area (Å²) in [5.74, 6) is 0.117. The van der Waals surface area contributed by atoms with Crippen LogP contribution in [0.2, 0.25) is 10.0 Å². The van der Waals surface area contributed by atoms with Crippen LogP contribution >= 0.6 is 23.2 Å². The topological polar surface area (TPSA) is 80.1 Å². The first-order valence-corrected chi connectivity index (χ1v) is 14.8. The number of rotatable bonds is 5. The molecule has 2 aromatic carbocycles. The molecule has 0 N–H and O–H groups in total. The fourth-order valence-corrected chi connectivity index (χ4v) is 6.75. The summed E-state index contributed by atoms with van der Waals surface area (Å²) >= 11 is 13.2. The highest BCUT2D eigenvalue weighted by atomic mass is 35.5. The van der Waals surface area contributed by atoms with Crippen LogP contribution in [0.1, 0.15) is 19.9 Å². The minimum absolute atomic E-state index is 0.144. The van der Waals surface area contributed by atoms with E-state index < -0.39 is 11.5 Å². The van der Waals surface area contributed by atoms with E-state index in [4.69, 9.17) is 32.7 Å². The number of ether oxygens (including phenoxy) is 2. The van der Waals surface area contributed by atoms with Crippen molar-refractivity contribution in [3.05, 3.63) is 63.3 Å². The molecular formula is C30H32Cl2FN5O4. The lowest BCUT2D eigenvalue weighted by molar-refractivity contribution is -0.128. The molecule has 0 unspecified atom stereocenters. The molecule has 0 spiro atoms. The second-order valence-corrected chi connectivity index (χ2v) is 11.9. The second-order valence-electron chi connectivity index (χ2n) is 11.1. The van der Waals surface area contributed by atoms with Gasteiger partial charge in [-0.25, -0.2) is 9.18 Å². The van der Waals surface area contributed by atoms with E-state index >= 15 is 4.39 Å². The highest BCUT2D eigenvalue weighted by molar-refractivity contribution is 6.35. The van der Waals surface area contributed by atoms with E-state index in [0.717, 1.165) is 13.1 Å². The number of nitrogens with zero attached hydrogens (tertiary/aromatic N) is 5. The van der Waals surface area contributed by atoms with Crippen molar-refractivity contribution in [2.24, 2.45) is 0 Å². The molecule has 4 heterocycles. The van der Waals surface area contributed by atoms with E-state index in [0.29, 0.717) is 65.9 Å². The third-order valence-electron chi connectivity index (χ3n) is 8.37. The van der Waals surface area contributed by atoms with Gasteiger partial charge in [0.2, 0.25) is 5.91 Å². The van der Waals surface area contributed by atoms with Crippen LogP contribution in [0, 0.1) is 5.82 Å². The van der Waals surface area contributed by atoms with E-state index in [9.17, 15) is 9.59 Å². The Bertz CT molecular complexity index is 1630. The number of amides is 1. The fraction of sp³-hybridized carbons (Fsp3) is 0.433. The van der Waals surface area contributed by atoms with Crippen molar-refractivity contribution in [1.29, 1.82) is 0 Å². The number of carbonyl (C=O) groups excluding carboxylic acids is 1. The number of hydrogen-bond donors (Lipinski definition) is 0. The highest BCUT2D eigenvalue weighted by Gasteiger charge is 2.36. The average Bonchev–Trinajstić information content (AvgIpc) is 2.98. The number of halogens is 3. The van der Waals surface area contributed by atoms with Crippen LogP contribution in [0.5, 0.6) is 5.75 Å². The molecule has 0 saturated carbocycles. The molecule has 9 nitrogen and oxygen atoms in total. The van der Waals surface area contributed by atoms with Gasteiger partial charge in [0.15, 0.2) is 5.75 Å². The summed E-state index contributed by atoms with van der Waals surface area (Å²) in [6.45, 7) is 11.9. The minimum Gasteiger partial charge on any atom is -0.488 e. The first-order chi connectivity index (χ1) is 20.2. The van der Waals surface area contributed by atoms with Gasteiger partial charge in [0.25, 0.3) is 0 Å². The zero-order chi connectivity index (χ0) is 29.7. The van der Waals surface area contributed by atoms with Gasteiger partial charge >= 0.3 is 5.69 Å². The molecular weight excluding hydrogens is 584 g/mol. The summed E-state index contributed by atoms with van der Waals surface area (Å²) in [4.78, 5) is 37.1. The van der Waals surface area contributed by atoms with Gasteiger partial charge in [-0.15, -0.1) is 0 Å². The van der Waals surface area contributed by atoms with Gasteiger partial charge in [0.1, 0.15) is 18.2 Å². The van der Waals surface area contributed by atoms with Crippen molar-refractivity contribution in [3.63, 3.8) is 0 Å². The van der Waals surface area contributed by atoms with E-state index in [2.05, 4.69) is 16.5 Å². The number of aromatic nitrogens is 2. The van der Waals surface area contributed by atoms with Crippen molar-refractivity contribution in [2.45, 2.75) is 32.0 Å². The lowest BCUT2D eigenvalue weighted by Crippen LogP contribution is -2.58. The molecule has 42 heavy (non-hydrogen) atoms. The Morgan fingerprint density at radius 3 is 2.67 bits per heavy atom. The van der Waals surface area contributed by atoms with Gasteiger partial charge in [-0.05, 0) is 44.2 Å². The smallest absolute Gasteiger partial charge is 0.350 e. The highest BCUT2D eigenvalue weighted by Crippen LogP contribution is 2.47. The summed E-state index contributed by atoms with van der Waals surface area (Å²) in [5.41, 5.74) is 0.608. The van der Waals surface area contributed by atoms with Crippen LogP contribution < -0.4 is 15.3 Å². The molecule has 12 heteroatoms. The minimum atomic E-state index is -0.510. The predicted molar refractivity (Wildman–Crippen MR) is 161 cm³/mol. The van der Waals surface area contributed by atoms with Gasteiger partial charge in [0.05, 0.1) is 29.8 Å². The van der Waals surface area contributed by atoms with Crippen LogP contribution in [-0.2, 0) is 9.53 Å². The molecule has 0 aliphatic carbocycles. The lowest BCUT2D eigenvalue weighted by atomic mass is 9.99. The maximum absolute atomic E-state index is 15.2. The van der Waals surface area contributed by atoms with Crippen molar-refractivity contribution in [1.82, 2.24) is 19.4 Å². The van der Waals surface area contributed by atoms with Gasteiger partial charge in [-0.3, -0.25) is 14.3 Å². The summed E-state index contributed by atoms with van der Waals surface area (Å²) in [7, 11) is 0. The largest absolute Gasteiger partial charge is 0.488 e. The molecule has 222 valence electrons. The Hall–Kier alpha value is -3.18. The van der Waals surface area contributed by atoms with Crippen molar-refractivity contribution in [2.75, 3.05) is 57.4 Å². The Kier molecular flexibility index (Phi) is 7.91. The number of carbonyl (C=O) groups is 1. The van der Waals surface area contributed by atoms with Gasteiger partial charge < -0.3 is 19.3 Å². The normalized spacial score (nSPS) is 22.7. The van der Waals surface area contributed by atoms with E-state index in [1.54, 1.807) is 15.5 Å². The van der Waals surface area contributed by atoms with Crippen molar-refractivity contribution < 1.29 is 18.7 Å². The second kappa shape index (κ2) is 11.5. The van der Waals surface area contributed by atoms with Gasteiger partial charge in [-0.2, -0.15) is 4.98 Å². The van der Waals surface area contributed by atoms with Crippen LogP contribution in [0.3, 0.4) is 0 Å². The Morgan fingerprint density at radius 2 is 1.93 bits per heavy atom. The summed E-state index contributed by atoms with van der Waals surface area (Å²) in [6, 6.07) is 5.35. The van der Waals surface area contributed by atoms with E-state index in [-0.39, 0.29) is 41.2 Å². The van der Waals surface area contributed by atoms with Crippen LogP contribution in [-0.4, -0.2) is 89.9 Å². The molecule has 2 saturated heterocycles. The molecule has 3 atom stereocenters. The lowest BCUT2D eigenvalue weighted by Gasteiger charge is -2.45. The van der Waals surface area contributed by atoms with Crippen LogP contribution in [0.25, 0.3) is 22.0 Å². The molecule has 3 aromatic rings. The molecule has 1 amide bonds. The summed E-state index contributed by atoms with van der Waals surface area (Å²) in [5, 5.41) is 1.22. The monoisotopic (exact) mass is 615 g/mol. The number of benzene rings is 2. The molecule has 1 aromatic heterocycles. The van der Waals surface area contributed by atoms with Crippen LogP contribution in [0.15, 0.2) is 41.7 Å². The molecule has 0 radical (unpaired) electrons. The molecule has 3 aliphatic rings. The number of hydrogen-bond acceptors (Lipinski definition) is 7. The fourth-order valence-electron chi connectivity index (χ4n) is 6.28. The maximum Gasteiger partial charge on any atom is 0.350 e. The SMILES string of the molecule is C=CC(=O)N1C[C@H](C)N(c2nc(=O)n3c4c(c(-c5cc(Cl)ccc5F)c(Cl)cc24)OC[C@H]3CN2CCOCC2)C[C@H]1C. The third kappa shape index (κ3) is 5.04. The number of morpholine rings is 1. The number of piperazine rings is 1. The zero-order valence-corrected chi connectivity index (χ0v) is 25.0.